The second-order valence-corrected chi connectivity index (χ2v) is 13.5. The Labute approximate surface area is 278 Å². The van der Waals surface area contributed by atoms with Gasteiger partial charge >= 0.3 is 5.97 Å². The number of rotatable bonds is 16. The lowest BCUT2D eigenvalue weighted by Gasteiger charge is -2.40. The Morgan fingerprint density at radius 3 is 2.55 bits per heavy atom. The summed E-state index contributed by atoms with van der Waals surface area (Å²) in [6, 6.07) is 7.91. The van der Waals surface area contributed by atoms with Gasteiger partial charge in [-0.1, -0.05) is 61.7 Å². The van der Waals surface area contributed by atoms with Gasteiger partial charge in [-0.2, -0.15) is 0 Å². The molecule has 0 unspecified atom stereocenters. The maximum absolute atomic E-state index is 14.6. The van der Waals surface area contributed by atoms with E-state index in [0.717, 1.165) is 37.7 Å². The minimum atomic E-state index is -1.14. The van der Waals surface area contributed by atoms with Crippen molar-refractivity contribution in [2.75, 3.05) is 19.7 Å². The van der Waals surface area contributed by atoms with Crippen molar-refractivity contribution >= 4 is 23.7 Å². The highest BCUT2D eigenvalue weighted by molar-refractivity contribution is 5.98. The second kappa shape index (κ2) is 15.6. The first-order valence-electron chi connectivity index (χ1n) is 17.4. The standard InChI is InChI=1S/C37H51N3O7/c1-4-6-19-29(42)38-25(3)32(26-15-9-7-10-16-26)46-36(45)30-28-20-21-37(47-28)31(30)34(43)40(23-13-14-24-41)33(37)35(44)39(22-5-2)27-17-11-8-12-18-27/h4-5,7,9-10,15-16,25,27-28,30-33,41H,1-2,6,8,11-14,17-24H2,3H3,(H,38,42)/t25-,28-,30+,31+,32-,33-,37+/m1/s1. The quantitative estimate of drug-likeness (QED) is 0.156. The van der Waals surface area contributed by atoms with Gasteiger partial charge in [-0.25, -0.2) is 0 Å². The Bertz CT molecular complexity index is 1300. The molecule has 1 spiro atoms. The van der Waals surface area contributed by atoms with Gasteiger partial charge in [-0.15, -0.1) is 13.2 Å². The Kier molecular flexibility index (Phi) is 11.6. The molecule has 3 heterocycles. The smallest absolute Gasteiger partial charge is 0.313 e. The van der Waals surface area contributed by atoms with Crippen molar-refractivity contribution in [2.45, 2.75) is 113 Å². The molecule has 0 aromatic heterocycles. The molecule has 1 aliphatic carbocycles. The Balaban J connectivity index is 1.44. The van der Waals surface area contributed by atoms with Crippen LogP contribution in [-0.4, -0.2) is 88.1 Å². The normalized spacial score (nSPS) is 28.0. The minimum absolute atomic E-state index is 0.0173. The number of carbonyl (C=O) groups is 4. The first-order valence-corrected chi connectivity index (χ1v) is 17.4. The molecular formula is C37H51N3O7. The van der Waals surface area contributed by atoms with Crippen molar-refractivity contribution in [3.8, 4) is 0 Å². The van der Waals surface area contributed by atoms with Crippen LogP contribution in [0.1, 0.15) is 89.2 Å². The van der Waals surface area contributed by atoms with Crippen LogP contribution in [0.4, 0.5) is 0 Å². The van der Waals surface area contributed by atoms with E-state index in [-0.39, 0.29) is 43.3 Å². The lowest BCUT2D eigenvalue weighted by molar-refractivity contribution is -0.162. The van der Waals surface area contributed by atoms with Crippen LogP contribution in [0.25, 0.3) is 0 Å². The number of unbranched alkanes of at least 4 members (excludes halogenated alkanes) is 1. The lowest BCUT2D eigenvalue weighted by Crippen LogP contribution is -2.58. The van der Waals surface area contributed by atoms with Gasteiger partial charge in [-0.05, 0) is 57.4 Å². The van der Waals surface area contributed by atoms with Gasteiger partial charge < -0.3 is 29.7 Å². The molecule has 10 nitrogen and oxygen atoms in total. The number of aliphatic hydroxyl groups excluding tert-OH is 1. The van der Waals surface area contributed by atoms with E-state index < -0.39 is 47.7 Å². The molecule has 4 aliphatic rings. The molecule has 1 aromatic rings. The van der Waals surface area contributed by atoms with Crippen molar-refractivity contribution in [1.29, 1.82) is 0 Å². The van der Waals surface area contributed by atoms with Gasteiger partial charge in [0.15, 0.2) is 0 Å². The molecule has 7 atom stereocenters. The Morgan fingerprint density at radius 2 is 1.87 bits per heavy atom. The molecule has 47 heavy (non-hydrogen) atoms. The number of hydrogen-bond acceptors (Lipinski definition) is 7. The molecule has 5 rings (SSSR count). The van der Waals surface area contributed by atoms with Crippen LogP contribution in [0.5, 0.6) is 0 Å². The average molecular weight is 650 g/mol. The van der Waals surface area contributed by atoms with Crippen LogP contribution in [-0.2, 0) is 28.7 Å². The highest BCUT2D eigenvalue weighted by Crippen LogP contribution is 2.59. The number of amides is 3. The number of fused-ring (bicyclic) bond motifs is 1. The number of allylic oxidation sites excluding steroid dienone is 1. The number of esters is 1. The van der Waals surface area contributed by atoms with Gasteiger partial charge in [0.25, 0.3) is 0 Å². The van der Waals surface area contributed by atoms with Crippen molar-refractivity contribution in [3.63, 3.8) is 0 Å². The molecule has 1 saturated carbocycles. The molecule has 3 aliphatic heterocycles. The van der Waals surface area contributed by atoms with Crippen LogP contribution in [0.2, 0.25) is 0 Å². The van der Waals surface area contributed by atoms with Gasteiger partial charge in [0.2, 0.25) is 17.7 Å². The van der Waals surface area contributed by atoms with Gasteiger partial charge in [0.1, 0.15) is 17.7 Å². The fourth-order valence-corrected chi connectivity index (χ4v) is 8.38. The van der Waals surface area contributed by atoms with Crippen molar-refractivity contribution < 1.29 is 33.8 Å². The Morgan fingerprint density at radius 1 is 1.13 bits per heavy atom. The van der Waals surface area contributed by atoms with E-state index in [2.05, 4.69) is 18.5 Å². The largest absolute Gasteiger partial charge is 0.455 e. The fourth-order valence-electron chi connectivity index (χ4n) is 8.38. The summed E-state index contributed by atoms with van der Waals surface area (Å²) in [5.74, 6) is -2.90. The summed E-state index contributed by atoms with van der Waals surface area (Å²) in [7, 11) is 0. The summed E-state index contributed by atoms with van der Waals surface area (Å²) in [5, 5.41) is 12.5. The molecule has 0 radical (unpaired) electrons. The first-order chi connectivity index (χ1) is 22.8. The predicted octanol–water partition coefficient (Wildman–Crippen LogP) is 4.24. The van der Waals surface area contributed by atoms with E-state index in [4.69, 9.17) is 9.47 Å². The summed E-state index contributed by atoms with van der Waals surface area (Å²) in [6.07, 6.45) is 9.96. The summed E-state index contributed by atoms with van der Waals surface area (Å²) in [5.41, 5.74) is -0.414. The average Bonchev–Trinajstić information content (AvgIpc) is 3.73. The number of likely N-dealkylation sites (tertiary alicyclic amines) is 1. The van der Waals surface area contributed by atoms with Gasteiger partial charge in [0, 0.05) is 32.2 Å². The summed E-state index contributed by atoms with van der Waals surface area (Å²) in [4.78, 5) is 59.4. The van der Waals surface area contributed by atoms with E-state index in [1.165, 1.54) is 0 Å². The molecule has 10 heteroatoms. The number of hydrogen-bond donors (Lipinski definition) is 2. The molecule has 2 N–H and O–H groups in total. The van der Waals surface area contributed by atoms with Crippen LogP contribution in [0, 0.1) is 11.8 Å². The zero-order chi connectivity index (χ0) is 33.6. The van der Waals surface area contributed by atoms with Crippen LogP contribution in [0.3, 0.4) is 0 Å². The summed E-state index contributed by atoms with van der Waals surface area (Å²) < 4.78 is 12.9. The van der Waals surface area contributed by atoms with Crippen LogP contribution >= 0.6 is 0 Å². The highest BCUT2D eigenvalue weighted by Gasteiger charge is 2.75. The van der Waals surface area contributed by atoms with E-state index in [9.17, 15) is 24.3 Å². The van der Waals surface area contributed by atoms with Crippen LogP contribution < -0.4 is 5.32 Å². The molecule has 1 aromatic carbocycles. The van der Waals surface area contributed by atoms with Crippen molar-refractivity contribution in [2.24, 2.45) is 11.8 Å². The third kappa shape index (κ3) is 7.04. The molecule has 3 amide bonds. The van der Waals surface area contributed by atoms with Gasteiger partial charge in [-0.3, -0.25) is 19.2 Å². The first kappa shape index (κ1) is 34.8. The number of ether oxygens (including phenoxy) is 2. The molecular weight excluding hydrogens is 598 g/mol. The number of aliphatic hydroxyl groups is 1. The number of benzene rings is 1. The topological polar surface area (TPSA) is 125 Å². The highest BCUT2D eigenvalue weighted by atomic mass is 16.6. The van der Waals surface area contributed by atoms with E-state index in [1.807, 2.05) is 35.2 Å². The fraction of sp³-hybridized carbons (Fsp3) is 0.622. The minimum Gasteiger partial charge on any atom is -0.455 e. The number of nitrogens with one attached hydrogen (secondary N) is 1. The van der Waals surface area contributed by atoms with E-state index in [1.54, 1.807) is 24.0 Å². The van der Waals surface area contributed by atoms with Crippen molar-refractivity contribution in [1.82, 2.24) is 15.1 Å². The molecule has 2 bridgehead atoms. The molecule has 4 fully saturated rings. The number of carbonyl (C=O) groups excluding carboxylic acids is 4. The van der Waals surface area contributed by atoms with E-state index >= 15 is 0 Å². The maximum Gasteiger partial charge on any atom is 0.313 e. The third-order valence-corrected chi connectivity index (χ3v) is 10.5. The zero-order valence-corrected chi connectivity index (χ0v) is 27.7. The Hall–Kier alpha value is -3.50. The van der Waals surface area contributed by atoms with Gasteiger partial charge in [0.05, 0.1) is 24.0 Å². The van der Waals surface area contributed by atoms with E-state index in [0.29, 0.717) is 38.6 Å². The predicted molar refractivity (Wildman–Crippen MR) is 177 cm³/mol. The monoisotopic (exact) mass is 649 g/mol. The van der Waals surface area contributed by atoms with Crippen molar-refractivity contribution in [3.05, 3.63) is 61.2 Å². The van der Waals surface area contributed by atoms with Crippen LogP contribution in [0.15, 0.2) is 55.6 Å². The molecule has 256 valence electrons. The number of nitrogens with zero attached hydrogens (tertiary/aromatic N) is 2. The maximum atomic E-state index is 14.6. The molecule has 3 saturated heterocycles. The SMILES string of the molecule is C=CCCC(=O)N[C@H](C)[C@@H](OC(=O)[C@@H]1[C@H]2C(=O)N(CCCCO)[C@H](C(=O)N(CC=C)C3CCCCC3)[C@]23CC[C@H]1O3)c1ccccc1. The summed E-state index contributed by atoms with van der Waals surface area (Å²) in [6.45, 7) is 10.1. The lowest BCUT2D eigenvalue weighted by atomic mass is 9.70. The second-order valence-electron chi connectivity index (χ2n) is 13.5. The third-order valence-electron chi connectivity index (χ3n) is 10.5. The summed E-state index contributed by atoms with van der Waals surface area (Å²) >= 11 is 0. The zero-order valence-electron chi connectivity index (χ0n) is 27.7.